The van der Waals surface area contributed by atoms with Gasteiger partial charge in [-0.2, -0.15) is 5.10 Å². The molecule has 0 bridgehead atoms. The van der Waals surface area contributed by atoms with Crippen molar-refractivity contribution in [2.75, 3.05) is 0 Å². The summed E-state index contributed by atoms with van der Waals surface area (Å²) < 4.78 is 6.88. The first kappa shape index (κ1) is 19.2. The second-order valence-corrected chi connectivity index (χ2v) is 6.66. The van der Waals surface area contributed by atoms with E-state index in [0.29, 0.717) is 10.8 Å². The fourth-order valence-electron chi connectivity index (χ4n) is 2.49. The topological polar surface area (TPSA) is 97.5 Å². The number of aliphatic hydroxyl groups is 1. The zero-order valence-corrected chi connectivity index (χ0v) is 15.4. The molecule has 2 aromatic carbocycles. The van der Waals surface area contributed by atoms with Gasteiger partial charge in [0.15, 0.2) is 0 Å². The van der Waals surface area contributed by atoms with Crippen molar-refractivity contribution >= 4 is 29.2 Å². The Kier molecular flexibility index (Phi) is 5.65. The molecule has 0 saturated heterocycles. The van der Waals surface area contributed by atoms with Gasteiger partial charge < -0.3 is 14.9 Å². The van der Waals surface area contributed by atoms with E-state index in [-0.39, 0.29) is 23.7 Å². The second-order valence-electron chi connectivity index (χ2n) is 5.82. The van der Waals surface area contributed by atoms with Crippen LogP contribution in [0.5, 0.6) is 5.75 Å². The van der Waals surface area contributed by atoms with Crippen LogP contribution in [0.15, 0.2) is 55.1 Å². The third kappa shape index (κ3) is 4.39. The van der Waals surface area contributed by atoms with Gasteiger partial charge in [-0.3, -0.25) is 0 Å². The molecule has 0 fully saturated rings. The number of nitrogens with zero attached hydrogens (tertiary/aromatic N) is 3. The van der Waals surface area contributed by atoms with Gasteiger partial charge in [0.25, 0.3) is 0 Å². The average Bonchev–Trinajstić information content (AvgIpc) is 3.14. The van der Waals surface area contributed by atoms with Crippen molar-refractivity contribution in [1.82, 2.24) is 14.8 Å². The number of hydrogen-bond acceptors (Lipinski definition) is 5. The molecule has 7 nitrogen and oxygen atoms in total. The standard InChI is InChI=1S/C18H15Cl2N3O4/c19-13-3-1-12(2-4-13)8-27-14-5-6-15(16(20)7-14)18(26,17(24)25)9-23-11-21-10-22-23/h1-7,10-11,26H,8-9H2,(H,24,25). The van der Waals surface area contributed by atoms with E-state index in [9.17, 15) is 15.0 Å². The Morgan fingerprint density at radius 2 is 1.93 bits per heavy atom. The minimum atomic E-state index is -2.26. The quantitative estimate of drug-likeness (QED) is 0.624. The zero-order valence-electron chi connectivity index (χ0n) is 13.9. The molecule has 0 saturated carbocycles. The summed E-state index contributed by atoms with van der Waals surface area (Å²) in [7, 11) is 0. The van der Waals surface area contributed by atoms with Crippen LogP contribution in [0, 0.1) is 0 Å². The molecule has 1 atom stereocenters. The van der Waals surface area contributed by atoms with E-state index in [1.54, 1.807) is 18.2 Å². The van der Waals surface area contributed by atoms with Crippen molar-refractivity contribution in [3.63, 3.8) is 0 Å². The number of carboxylic acid groups (broad SMARTS) is 1. The highest BCUT2D eigenvalue weighted by Gasteiger charge is 2.40. The van der Waals surface area contributed by atoms with Crippen LogP contribution in [0.3, 0.4) is 0 Å². The molecule has 2 N–H and O–H groups in total. The molecule has 27 heavy (non-hydrogen) atoms. The van der Waals surface area contributed by atoms with Crippen LogP contribution < -0.4 is 4.74 Å². The molecule has 0 aliphatic heterocycles. The van der Waals surface area contributed by atoms with Gasteiger partial charge in [0.2, 0.25) is 5.60 Å². The number of benzene rings is 2. The van der Waals surface area contributed by atoms with Crippen LogP contribution in [0.1, 0.15) is 11.1 Å². The van der Waals surface area contributed by atoms with Crippen LogP contribution in [-0.4, -0.2) is 30.9 Å². The van der Waals surface area contributed by atoms with Gasteiger partial charge in [0.05, 0.1) is 11.6 Å². The summed E-state index contributed by atoms with van der Waals surface area (Å²) in [4.78, 5) is 15.5. The first-order valence-corrected chi connectivity index (χ1v) is 8.59. The lowest BCUT2D eigenvalue weighted by Gasteiger charge is -2.25. The van der Waals surface area contributed by atoms with Crippen LogP contribution >= 0.6 is 23.2 Å². The predicted molar refractivity (Wildman–Crippen MR) is 98.8 cm³/mol. The number of ether oxygens (including phenoxy) is 1. The van der Waals surface area contributed by atoms with E-state index in [0.717, 1.165) is 5.56 Å². The van der Waals surface area contributed by atoms with Gasteiger partial charge in [0.1, 0.15) is 25.0 Å². The van der Waals surface area contributed by atoms with Crippen LogP contribution in [-0.2, 0) is 23.5 Å². The first-order chi connectivity index (χ1) is 12.9. The average molecular weight is 408 g/mol. The molecule has 0 amide bonds. The lowest BCUT2D eigenvalue weighted by molar-refractivity contribution is -0.161. The molecule has 0 radical (unpaired) electrons. The van der Waals surface area contributed by atoms with E-state index < -0.39 is 11.6 Å². The van der Waals surface area contributed by atoms with Crippen molar-refractivity contribution in [3.8, 4) is 5.75 Å². The Labute approximate surface area is 164 Å². The minimum Gasteiger partial charge on any atom is -0.489 e. The number of rotatable bonds is 7. The van der Waals surface area contributed by atoms with E-state index in [4.69, 9.17) is 27.9 Å². The third-order valence-electron chi connectivity index (χ3n) is 3.92. The number of aromatic nitrogens is 3. The van der Waals surface area contributed by atoms with E-state index in [2.05, 4.69) is 10.1 Å². The summed E-state index contributed by atoms with van der Waals surface area (Å²) in [6, 6.07) is 11.6. The van der Waals surface area contributed by atoms with E-state index in [1.807, 2.05) is 12.1 Å². The molecule has 0 aliphatic carbocycles. The Hall–Kier alpha value is -2.61. The number of hydrogen-bond donors (Lipinski definition) is 2. The smallest absolute Gasteiger partial charge is 0.342 e. The number of carbonyl (C=O) groups is 1. The number of halogens is 2. The molecule has 1 heterocycles. The van der Waals surface area contributed by atoms with Gasteiger partial charge in [-0.15, -0.1) is 0 Å². The minimum absolute atomic E-state index is 0.0333. The summed E-state index contributed by atoms with van der Waals surface area (Å²) >= 11 is 12.1. The van der Waals surface area contributed by atoms with Gasteiger partial charge in [0, 0.05) is 10.6 Å². The Balaban J connectivity index is 1.79. The van der Waals surface area contributed by atoms with Crippen molar-refractivity contribution in [3.05, 3.63) is 76.3 Å². The number of carboxylic acids is 1. The summed E-state index contributed by atoms with van der Waals surface area (Å²) in [5, 5.41) is 24.8. The highest BCUT2D eigenvalue weighted by Crippen LogP contribution is 2.33. The zero-order chi connectivity index (χ0) is 19.4. The second kappa shape index (κ2) is 7.96. The highest BCUT2D eigenvalue weighted by molar-refractivity contribution is 6.32. The SMILES string of the molecule is O=C(O)C(O)(Cn1cncn1)c1ccc(OCc2ccc(Cl)cc2)cc1Cl. The Bertz CT molecular complexity index is 932. The maximum absolute atomic E-state index is 11.7. The monoisotopic (exact) mass is 407 g/mol. The summed E-state index contributed by atoms with van der Waals surface area (Å²) in [6.45, 7) is -0.0535. The molecule has 9 heteroatoms. The van der Waals surface area contributed by atoms with Crippen molar-refractivity contribution in [1.29, 1.82) is 0 Å². The number of aliphatic carboxylic acids is 1. The molecule has 1 unspecified atom stereocenters. The predicted octanol–water partition coefficient (Wildman–Crippen LogP) is 3.14. The Morgan fingerprint density at radius 1 is 1.19 bits per heavy atom. The summed E-state index contributed by atoms with van der Waals surface area (Å²) in [5.41, 5.74) is -1.32. The largest absolute Gasteiger partial charge is 0.489 e. The molecule has 0 spiro atoms. The molecule has 3 rings (SSSR count). The van der Waals surface area contributed by atoms with Crippen LogP contribution in [0.4, 0.5) is 0 Å². The maximum Gasteiger partial charge on any atom is 0.342 e. The van der Waals surface area contributed by atoms with E-state index in [1.165, 1.54) is 29.5 Å². The summed E-state index contributed by atoms with van der Waals surface area (Å²) in [6.07, 6.45) is 2.56. The lowest BCUT2D eigenvalue weighted by atomic mass is 9.93. The van der Waals surface area contributed by atoms with Gasteiger partial charge in [-0.1, -0.05) is 41.4 Å². The van der Waals surface area contributed by atoms with Crippen molar-refractivity contribution in [2.45, 2.75) is 18.8 Å². The Morgan fingerprint density at radius 3 is 2.52 bits per heavy atom. The highest BCUT2D eigenvalue weighted by atomic mass is 35.5. The molecular formula is C18H15Cl2N3O4. The first-order valence-electron chi connectivity index (χ1n) is 7.84. The molecule has 140 valence electrons. The summed E-state index contributed by atoms with van der Waals surface area (Å²) in [5.74, 6) is -1.01. The van der Waals surface area contributed by atoms with Gasteiger partial charge in [-0.25, -0.2) is 14.5 Å². The van der Waals surface area contributed by atoms with Crippen LogP contribution in [0.2, 0.25) is 10.0 Å². The van der Waals surface area contributed by atoms with Crippen LogP contribution in [0.25, 0.3) is 0 Å². The fraction of sp³-hybridized carbons (Fsp3) is 0.167. The van der Waals surface area contributed by atoms with E-state index >= 15 is 0 Å². The molecular weight excluding hydrogens is 393 g/mol. The third-order valence-corrected chi connectivity index (χ3v) is 4.48. The normalized spacial score (nSPS) is 13.1. The lowest BCUT2D eigenvalue weighted by Crippen LogP contribution is -2.40. The van der Waals surface area contributed by atoms with Gasteiger partial charge in [-0.05, 0) is 29.8 Å². The van der Waals surface area contributed by atoms with Crippen molar-refractivity contribution < 1.29 is 19.7 Å². The van der Waals surface area contributed by atoms with Crippen molar-refractivity contribution in [2.24, 2.45) is 0 Å². The fourth-order valence-corrected chi connectivity index (χ4v) is 2.94. The molecule has 1 aromatic heterocycles. The molecule has 3 aromatic rings. The molecule has 0 aliphatic rings. The maximum atomic E-state index is 11.7. The van der Waals surface area contributed by atoms with Gasteiger partial charge >= 0.3 is 5.97 Å².